The number of hydrogen-bond donors (Lipinski definition) is 4. The number of aliphatic hydroxyl groups is 2. The first-order valence-electron chi connectivity index (χ1n) is 40.2. The van der Waals surface area contributed by atoms with Crippen LogP contribution < -0.4 is 0 Å². The summed E-state index contributed by atoms with van der Waals surface area (Å²) < 4.78 is 61.0. The van der Waals surface area contributed by atoms with Gasteiger partial charge in [-0.15, -0.1) is 0 Å². The van der Waals surface area contributed by atoms with Crippen LogP contribution in [0.2, 0.25) is 0 Å². The lowest BCUT2D eigenvalue weighted by molar-refractivity contribution is -0.161. The van der Waals surface area contributed by atoms with Crippen LogP contribution in [0.25, 0.3) is 0 Å². The zero-order chi connectivity index (χ0) is 72.3. The summed E-state index contributed by atoms with van der Waals surface area (Å²) in [5.74, 6) is -1.57. The Labute approximate surface area is 604 Å². The van der Waals surface area contributed by atoms with E-state index >= 15 is 0 Å². The number of rotatable bonds is 77. The predicted molar refractivity (Wildman–Crippen MR) is 408 cm³/mol. The summed E-state index contributed by atoms with van der Waals surface area (Å²) in [6.45, 7) is 2.62. The fraction of sp³-hybridized carbons (Fsp3) is 0.815. The third kappa shape index (κ3) is 76.0. The predicted octanol–water partition coefficient (Wildman–Crippen LogP) is 23.4. The van der Waals surface area contributed by atoms with Gasteiger partial charge in [-0.2, -0.15) is 0 Å². The van der Waals surface area contributed by atoms with Gasteiger partial charge in [0, 0.05) is 19.3 Å². The highest BCUT2D eigenvalue weighted by Gasteiger charge is 2.29. The molecule has 5 atom stereocenters. The Bertz CT molecular complexity index is 2090. The van der Waals surface area contributed by atoms with Crippen molar-refractivity contribution >= 4 is 33.6 Å². The van der Waals surface area contributed by atoms with Gasteiger partial charge in [-0.1, -0.05) is 331 Å². The van der Waals surface area contributed by atoms with Gasteiger partial charge in [0.1, 0.15) is 25.4 Å². The number of ether oxygens (including phenoxy) is 3. The fourth-order valence-electron chi connectivity index (χ4n) is 11.2. The molecular weight excluding hydrogens is 1290 g/mol. The summed E-state index contributed by atoms with van der Waals surface area (Å²) in [7, 11) is -9.77. The molecule has 0 aromatic rings. The molecule has 99 heavy (non-hydrogen) atoms. The Balaban J connectivity index is 4.29. The summed E-state index contributed by atoms with van der Waals surface area (Å²) in [4.78, 5) is 58.5. The van der Waals surface area contributed by atoms with Crippen LogP contribution >= 0.6 is 15.6 Å². The molecule has 16 nitrogen and oxygen atoms in total. The van der Waals surface area contributed by atoms with Crippen molar-refractivity contribution in [1.82, 2.24) is 0 Å². The van der Waals surface area contributed by atoms with E-state index in [9.17, 15) is 43.5 Å². The standard InChI is InChI=1S/C81H148O16P2/c1-4-7-10-13-16-19-22-25-27-28-29-30-31-32-33-34-35-36-37-38-39-40-41-42-43-44-45-46-48-51-52-55-58-61-64-67-79(84)91-70-76(82)71-93-98(87,88)94-72-77(83)73-95-99(89,90)96-75-78(97-81(86)69-66-63-60-57-54-49-24-21-18-15-12-9-6-3)74-92-80(85)68-65-62-59-56-53-50-47-26-23-20-17-14-11-8-5-2/h12,15-16,19,21,24-25,27,29-30,32-33,76-78,82-83H,4-11,13-14,17-18,20,22-23,26,28,31,34-75H2,1-3H3,(H,87,88)(H,89,90)/b15-12-,19-16-,24-21-,27-25-,30-29-,33-32-. The van der Waals surface area contributed by atoms with Gasteiger partial charge in [0.15, 0.2) is 6.10 Å². The topological polar surface area (TPSA) is 231 Å². The summed E-state index contributed by atoms with van der Waals surface area (Å²) in [5.41, 5.74) is 0. The number of carbonyl (C=O) groups excluding carboxylic acids is 3. The number of phosphoric ester groups is 2. The van der Waals surface area contributed by atoms with E-state index in [0.29, 0.717) is 19.3 Å². The lowest BCUT2D eigenvalue weighted by atomic mass is 10.0. The maximum Gasteiger partial charge on any atom is 0.472 e. The number of hydrogen-bond acceptors (Lipinski definition) is 14. The minimum absolute atomic E-state index is 0.0930. The van der Waals surface area contributed by atoms with Gasteiger partial charge in [-0.25, -0.2) is 9.13 Å². The van der Waals surface area contributed by atoms with Crippen molar-refractivity contribution in [1.29, 1.82) is 0 Å². The number of esters is 3. The van der Waals surface area contributed by atoms with Crippen molar-refractivity contribution in [2.45, 2.75) is 386 Å². The maximum atomic E-state index is 12.9. The van der Waals surface area contributed by atoms with Gasteiger partial charge >= 0.3 is 33.6 Å². The lowest BCUT2D eigenvalue weighted by Gasteiger charge is -2.21. The molecule has 5 unspecified atom stereocenters. The first-order chi connectivity index (χ1) is 48.2. The highest BCUT2D eigenvalue weighted by atomic mass is 31.2. The molecule has 0 heterocycles. The molecule has 0 aliphatic carbocycles. The van der Waals surface area contributed by atoms with Crippen molar-refractivity contribution in [3.63, 3.8) is 0 Å². The minimum Gasteiger partial charge on any atom is -0.463 e. The molecule has 0 radical (unpaired) electrons. The Kier molecular flexibility index (Phi) is 72.4. The third-order valence-corrected chi connectivity index (χ3v) is 19.3. The molecule has 4 N–H and O–H groups in total. The Hall–Kier alpha value is -3.01. The Morgan fingerprint density at radius 2 is 0.525 bits per heavy atom. The van der Waals surface area contributed by atoms with Crippen LogP contribution in [0.15, 0.2) is 72.9 Å². The van der Waals surface area contributed by atoms with Crippen LogP contribution in [0.1, 0.15) is 367 Å². The van der Waals surface area contributed by atoms with E-state index in [1.54, 1.807) is 0 Å². The maximum absolute atomic E-state index is 12.9. The summed E-state index contributed by atoms with van der Waals surface area (Å²) >= 11 is 0. The SMILES string of the molecule is CCC/C=C\C/C=C\CCCCCCCC(=O)OC(COC(=O)CCCCCCCCCCCCCCCCC)COP(=O)(O)OCC(O)COP(=O)(O)OCC(O)COC(=O)CCCCCCCCCCCCCCCCCCCCC/C=C\C/C=C\C/C=C\C/C=C\CCCCC. The van der Waals surface area contributed by atoms with Gasteiger partial charge in [0.25, 0.3) is 0 Å². The summed E-state index contributed by atoms with van der Waals surface area (Å²) in [5, 5.41) is 20.6. The van der Waals surface area contributed by atoms with Crippen molar-refractivity contribution in [3.8, 4) is 0 Å². The van der Waals surface area contributed by atoms with Gasteiger partial charge in [-0.3, -0.25) is 32.5 Å². The average molecular weight is 1440 g/mol. The number of unbranched alkanes of at least 4 members (excludes halogenated alkanes) is 42. The molecule has 0 saturated carbocycles. The van der Waals surface area contributed by atoms with E-state index in [1.807, 2.05) is 0 Å². The largest absolute Gasteiger partial charge is 0.472 e. The molecule has 0 aromatic heterocycles. The van der Waals surface area contributed by atoms with Gasteiger partial charge in [0.05, 0.1) is 26.4 Å². The van der Waals surface area contributed by atoms with Crippen LogP contribution in [0.3, 0.4) is 0 Å². The lowest BCUT2D eigenvalue weighted by Crippen LogP contribution is -2.30. The van der Waals surface area contributed by atoms with Gasteiger partial charge < -0.3 is 34.2 Å². The normalized spacial score (nSPS) is 14.4. The van der Waals surface area contributed by atoms with Crippen LogP contribution in [0, 0.1) is 0 Å². The molecule has 18 heteroatoms. The zero-order valence-corrected chi connectivity index (χ0v) is 65.0. The Morgan fingerprint density at radius 1 is 0.283 bits per heavy atom. The van der Waals surface area contributed by atoms with Gasteiger partial charge in [0.2, 0.25) is 0 Å². The van der Waals surface area contributed by atoms with Crippen molar-refractivity contribution in [2.75, 3.05) is 39.6 Å². The van der Waals surface area contributed by atoms with E-state index < -0.39 is 91.5 Å². The van der Waals surface area contributed by atoms with E-state index in [2.05, 4.69) is 93.7 Å². The molecular formula is C81H148O16P2. The second-order valence-corrected chi connectivity index (χ2v) is 30.1. The van der Waals surface area contributed by atoms with E-state index in [4.69, 9.17) is 32.3 Å². The van der Waals surface area contributed by atoms with Crippen LogP contribution in [0.5, 0.6) is 0 Å². The van der Waals surface area contributed by atoms with Crippen LogP contribution in [-0.2, 0) is 55.8 Å². The highest BCUT2D eigenvalue weighted by Crippen LogP contribution is 2.45. The van der Waals surface area contributed by atoms with Crippen LogP contribution in [0.4, 0.5) is 0 Å². The number of aliphatic hydroxyl groups excluding tert-OH is 2. The quantitative estimate of drug-likeness (QED) is 0.0146. The third-order valence-electron chi connectivity index (χ3n) is 17.4. The van der Waals surface area contributed by atoms with E-state index in [1.165, 1.54) is 199 Å². The smallest absolute Gasteiger partial charge is 0.463 e. The second-order valence-electron chi connectivity index (χ2n) is 27.2. The fourth-order valence-corrected chi connectivity index (χ4v) is 12.8. The van der Waals surface area contributed by atoms with E-state index in [0.717, 1.165) is 109 Å². The molecule has 578 valence electrons. The Morgan fingerprint density at radius 3 is 0.859 bits per heavy atom. The molecule has 0 spiro atoms. The van der Waals surface area contributed by atoms with Gasteiger partial charge in [-0.05, 0) is 89.9 Å². The highest BCUT2D eigenvalue weighted by molar-refractivity contribution is 7.47. The summed E-state index contributed by atoms with van der Waals surface area (Å²) in [6.07, 6.45) is 82.7. The summed E-state index contributed by atoms with van der Waals surface area (Å²) in [6, 6.07) is 0. The molecule has 0 saturated heterocycles. The first kappa shape index (κ1) is 96.0. The average Bonchev–Trinajstić information content (AvgIpc) is 2.27. The monoisotopic (exact) mass is 1440 g/mol. The first-order valence-corrected chi connectivity index (χ1v) is 43.2. The molecule has 0 rings (SSSR count). The zero-order valence-electron chi connectivity index (χ0n) is 63.2. The minimum atomic E-state index is -4.92. The van der Waals surface area contributed by atoms with Crippen molar-refractivity contribution < 1.29 is 75.8 Å². The van der Waals surface area contributed by atoms with Crippen molar-refractivity contribution in [3.05, 3.63) is 72.9 Å². The number of allylic oxidation sites excluding steroid dienone is 12. The molecule has 0 aliphatic rings. The number of carbonyl (C=O) groups is 3. The second kappa shape index (κ2) is 74.7. The molecule has 0 aromatic carbocycles. The molecule has 0 amide bonds. The number of phosphoric acid groups is 2. The molecule has 0 aliphatic heterocycles. The molecule has 0 bridgehead atoms. The van der Waals surface area contributed by atoms with Crippen molar-refractivity contribution in [2.24, 2.45) is 0 Å². The molecule has 0 fully saturated rings. The van der Waals surface area contributed by atoms with E-state index in [-0.39, 0.29) is 19.3 Å². The van der Waals surface area contributed by atoms with Crippen LogP contribution in [-0.4, -0.2) is 95.9 Å².